The molecule has 0 atom stereocenters. The Bertz CT molecular complexity index is 745. The maximum atomic E-state index is 4.69. The Morgan fingerprint density at radius 2 is 1.57 bits per heavy atom. The van der Waals surface area contributed by atoms with Crippen LogP contribution in [0.15, 0.2) is 60.7 Å². The van der Waals surface area contributed by atoms with Gasteiger partial charge in [-0.2, -0.15) is 5.10 Å². The maximum absolute atomic E-state index is 4.69. The molecule has 23 heavy (non-hydrogen) atoms. The van der Waals surface area contributed by atoms with Gasteiger partial charge >= 0.3 is 0 Å². The van der Waals surface area contributed by atoms with Crippen molar-refractivity contribution in [2.75, 3.05) is 6.54 Å². The van der Waals surface area contributed by atoms with Crippen molar-refractivity contribution in [1.29, 1.82) is 0 Å². The zero-order chi connectivity index (χ0) is 16.1. The zero-order valence-electron chi connectivity index (χ0n) is 13.8. The first-order chi connectivity index (χ1) is 11.3. The molecule has 1 aromatic heterocycles. The normalized spacial score (nSPS) is 10.9. The standard InChI is InChI=1S/C20H23N3/c1-16-20(15-21-14-13-18-9-5-3-6-10-18)17(2)23(22-16)19-11-7-4-8-12-19/h3-12,21H,13-15H2,1-2H3. The van der Waals surface area contributed by atoms with E-state index in [0.717, 1.165) is 30.9 Å². The lowest BCUT2D eigenvalue weighted by Gasteiger charge is -2.07. The van der Waals surface area contributed by atoms with Gasteiger partial charge in [0.25, 0.3) is 0 Å². The van der Waals surface area contributed by atoms with Gasteiger partial charge in [0.1, 0.15) is 0 Å². The van der Waals surface area contributed by atoms with E-state index in [1.807, 2.05) is 22.9 Å². The monoisotopic (exact) mass is 305 g/mol. The fraction of sp³-hybridized carbons (Fsp3) is 0.250. The number of nitrogens with one attached hydrogen (secondary N) is 1. The van der Waals surface area contributed by atoms with Crippen molar-refractivity contribution in [3.05, 3.63) is 83.2 Å². The van der Waals surface area contributed by atoms with Gasteiger partial charge in [0.15, 0.2) is 0 Å². The van der Waals surface area contributed by atoms with Crippen molar-refractivity contribution >= 4 is 0 Å². The molecule has 0 aliphatic heterocycles. The number of hydrogen-bond donors (Lipinski definition) is 1. The number of benzene rings is 2. The number of aromatic nitrogens is 2. The molecular formula is C20H23N3. The summed E-state index contributed by atoms with van der Waals surface area (Å²) in [5.41, 5.74) is 6.08. The van der Waals surface area contributed by atoms with Crippen molar-refractivity contribution in [2.45, 2.75) is 26.8 Å². The highest BCUT2D eigenvalue weighted by Gasteiger charge is 2.11. The summed E-state index contributed by atoms with van der Waals surface area (Å²) in [6.07, 6.45) is 1.05. The smallest absolute Gasteiger partial charge is 0.0648 e. The van der Waals surface area contributed by atoms with Gasteiger partial charge in [-0.25, -0.2) is 4.68 Å². The first-order valence-corrected chi connectivity index (χ1v) is 8.11. The summed E-state index contributed by atoms with van der Waals surface area (Å²) in [6.45, 7) is 6.05. The SMILES string of the molecule is Cc1nn(-c2ccccc2)c(C)c1CNCCc1ccccc1. The van der Waals surface area contributed by atoms with Crippen molar-refractivity contribution in [2.24, 2.45) is 0 Å². The van der Waals surface area contributed by atoms with E-state index >= 15 is 0 Å². The zero-order valence-corrected chi connectivity index (χ0v) is 13.8. The third-order valence-corrected chi connectivity index (χ3v) is 4.18. The number of rotatable bonds is 6. The van der Waals surface area contributed by atoms with Gasteiger partial charge < -0.3 is 5.32 Å². The molecule has 0 spiro atoms. The van der Waals surface area contributed by atoms with Crippen LogP contribution in [0.25, 0.3) is 5.69 Å². The molecule has 1 heterocycles. The largest absolute Gasteiger partial charge is 0.312 e. The highest BCUT2D eigenvalue weighted by atomic mass is 15.3. The van der Waals surface area contributed by atoms with Crippen LogP contribution < -0.4 is 5.32 Å². The van der Waals surface area contributed by atoms with E-state index in [0.29, 0.717) is 0 Å². The second-order valence-corrected chi connectivity index (χ2v) is 5.81. The Hall–Kier alpha value is -2.39. The predicted molar refractivity (Wildman–Crippen MR) is 94.9 cm³/mol. The lowest BCUT2D eigenvalue weighted by Crippen LogP contribution is -2.17. The Labute approximate surface area is 138 Å². The van der Waals surface area contributed by atoms with Crippen LogP contribution in [0.1, 0.15) is 22.5 Å². The van der Waals surface area contributed by atoms with Crippen LogP contribution in [-0.2, 0) is 13.0 Å². The molecule has 0 amide bonds. The second kappa shape index (κ2) is 7.25. The highest BCUT2D eigenvalue weighted by Crippen LogP contribution is 2.17. The fourth-order valence-electron chi connectivity index (χ4n) is 2.84. The molecular weight excluding hydrogens is 282 g/mol. The molecule has 0 radical (unpaired) electrons. The van der Waals surface area contributed by atoms with Crippen molar-refractivity contribution in [1.82, 2.24) is 15.1 Å². The van der Waals surface area contributed by atoms with Gasteiger partial charge in [-0.3, -0.25) is 0 Å². The third kappa shape index (κ3) is 3.69. The molecule has 0 saturated heterocycles. The lowest BCUT2D eigenvalue weighted by atomic mass is 10.1. The van der Waals surface area contributed by atoms with E-state index in [-0.39, 0.29) is 0 Å². The van der Waals surface area contributed by atoms with Crippen LogP contribution in [0, 0.1) is 13.8 Å². The van der Waals surface area contributed by atoms with Crippen LogP contribution in [0.3, 0.4) is 0 Å². The maximum Gasteiger partial charge on any atom is 0.0648 e. The van der Waals surface area contributed by atoms with Crippen LogP contribution in [-0.4, -0.2) is 16.3 Å². The second-order valence-electron chi connectivity index (χ2n) is 5.81. The Kier molecular flexibility index (Phi) is 4.89. The summed E-state index contributed by atoms with van der Waals surface area (Å²) in [7, 11) is 0. The summed E-state index contributed by atoms with van der Waals surface area (Å²) >= 11 is 0. The number of nitrogens with zero attached hydrogens (tertiary/aromatic N) is 2. The minimum Gasteiger partial charge on any atom is -0.312 e. The van der Waals surface area contributed by atoms with Gasteiger partial charge in [0.05, 0.1) is 11.4 Å². The number of para-hydroxylation sites is 1. The molecule has 1 N–H and O–H groups in total. The molecule has 0 bridgehead atoms. The van der Waals surface area contributed by atoms with Crippen molar-refractivity contribution < 1.29 is 0 Å². The first kappa shape index (κ1) is 15.5. The molecule has 0 aliphatic carbocycles. The number of hydrogen-bond acceptors (Lipinski definition) is 2. The molecule has 3 nitrogen and oxygen atoms in total. The number of aryl methyl sites for hydroxylation is 1. The molecule has 0 fully saturated rings. The predicted octanol–water partition coefficient (Wildman–Crippen LogP) is 3.82. The van der Waals surface area contributed by atoms with Crippen LogP contribution in [0.2, 0.25) is 0 Å². The van der Waals surface area contributed by atoms with Gasteiger partial charge in [-0.15, -0.1) is 0 Å². The van der Waals surface area contributed by atoms with E-state index < -0.39 is 0 Å². The van der Waals surface area contributed by atoms with Gasteiger partial charge in [0, 0.05) is 17.8 Å². The fourth-order valence-corrected chi connectivity index (χ4v) is 2.84. The van der Waals surface area contributed by atoms with Gasteiger partial charge in [0.2, 0.25) is 0 Å². The molecule has 0 unspecified atom stereocenters. The molecule has 3 rings (SSSR count). The Morgan fingerprint density at radius 1 is 0.913 bits per heavy atom. The molecule has 0 saturated carbocycles. The summed E-state index contributed by atoms with van der Waals surface area (Å²) in [5.74, 6) is 0. The first-order valence-electron chi connectivity index (χ1n) is 8.11. The third-order valence-electron chi connectivity index (χ3n) is 4.18. The van der Waals surface area contributed by atoms with Crippen LogP contribution in [0.5, 0.6) is 0 Å². The molecule has 3 aromatic rings. The van der Waals surface area contributed by atoms with Crippen molar-refractivity contribution in [3.8, 4) is 5.69 Å². The lowest BCUT2D eigenvalue weighted by molar-refractivity contribution is 0.681. The minimum atomic E-state index is 0.858. The average molecular weight is 305 g/mol. The summed E-state index contributed by atoms with van der Waals surface area (Å²) in [5, 5.41) is 8.24. The summed E-state index contributed by atoms with van der Waals surface area (Å²) in [6, 6.07) is 20.9. The topological polar surface area (TPSA) is 29.9 Å². The van der Waals surface area contributed by atoms with Gasteiger partial charge in [-0.05, 0) is 44.5 Å². The Morgan fingerprint density at radius 3 is 2.26 bits per heavy atom. The van der Waals surface area contributed by atoms with E-state index in [1.54, 1.807) is 0 Å². The molecule has 2 aromatic carbocycles. The van der Waals surface area contributed by atoms with Crippen LogP contribution in [0.4, 0.5) is 0 Å². The van der Waals surface area contributed by atoms with Crippen molar-refractivity contribution in [3.63, 3.8) is 0 Å². The summed E-state index contributed by atoms with van der Waals surface area (Å²) in [4.78, 5) is 0. The minimum absolute atomic E-state index is 0.858. The van der Waals surface area contributed by atoms with E-state index in [9.17, 15) is 0 Å². The molecule has 3 heteroatoms. The molecule has 118 valence electrons. The highest BCUT2D eigenvalue weighted by molar-refractivity contribution is 5.36. The average Bonchev–Trinajstić information content (AvgIpc) is 2.88. The quantitative estimate of drug-likeness (QED) is 0.702. The van der Waals surface area contributed by atoms with Gasteiger partial charge in [-0.1, -0.05) is 48.5 Å². The van der Waals surface area contributed by atoms with E-state index in [2.05, 4.69) is 61.6 Å². The Balaban J connectivity index is 1.63. The molecule has 0 aliphatic rings. The van der Waals surface area contributed by atoms with Crippen LogP contribution >= 0.6 is 0 Å². The summed E-state index contributed by atoms with van der Waals surface area (Å²) < 4.78 is 2.03. The van der Waals surface area contributed by atoms with E-state index in [1.165, 1.54) is 16.8 Å². The van der Waals surface area contributed by atoms with E-state index in [4.69, 9.17) is 5.10 Å².